The van der Waals surface area contributed by atoms with E-state index in [9.17, 15) is 0 Å². The smallest absolute Gasteiger partial charge is 0.389 e. The first kappa shape index (κ1) is 15.5. The summed E-state index contributed by atoms with van der Waals surface area (Å²) in [6.45, 7) is 16.5. The molecule has 0 aromatic carbocycles. The molecule has 0 N–H and O–H groups in total. The lowest BCUT2D eigenvalue weighted by Gasteiger charge is -2.34. The summed E-state index contributed by atoms with van der Waals surface area (Å²) in [5.74, 6) is 0. The van der Waals surface area contributed by atoms with Crippen LogP contribution >= 0.6 is 0 Å². The standard InChI is InChI=1S/C9H27NO2Si3/c1-9-10(2)13(11-14(3,4)5)12-15(6,7)8/h13H,9H2,1-8H3. The van der Waals surface area contributed by atoms with Gasteiger partial charge in [-0.25, -0.2) is 0 Å². The van der Waals surface area contributed by atoms with Crippen LogP contribution in [0.15, 0.2) is 0 Å². The zero-order valence-electron chi connectivity index (χ0n) is 11.5. The SMILES string of the molecule is CCN(C)[SiH](O[Si](C)(C)C)O[Si](C)(C)C. The molecule has 0 spiro atoms. The molecule has 0 aliphatic rings. The molecule has 0 aliphatic carbocycles. The van der Waals surface area contributed by atoms with Crippen LogP contribution in [0.5, 0.6) is 0 Å². The molecule has 0 aromatic heterocycles. The molecule has 0 unspecified atom stereocenters. The third-order valence-corrected chi connectivity index (χ3v) is 10.1. The molecule has 0 aromatic rings. The average Bonchev–Trinajstić information content (AvgIpc) is 1.96. The predicted octanol–water partition coefficient (Wildman–Crippen LogP) is 2.36. The first-order chi connectivity index (χ1) is 6.55. The zero-order valence-corrected chi connectivity index (χ0v) is 14.7. The highest BCUT2D eigenvalue weighted by Crippen LogP contribution is 2.13. The Morgan fingerprint density at radius 2 is 1.27 bits per heavy atom. The van der Waals surface area contributed by atoms with E-state index < -0.39 is 26.1 Å². The van der Waals surface area contributed by atoms with Crippen molar-refractivity contribution in [3.8, 4) is 0 Å². The van der Waals surface area contributed by atoms with E-state index in [1.165, 1.54) is 0 Å². The highest BCUT2D eigenvalue weighted by molar-refractivity contribution is 6.80. The van der Waals surface area contributed by atoms with Gasteiger partial charge in [0.1, 0.15) is 0 Å². The van der Waals surface area contributed by atoms with Gasteiger partial charge in [0.25, 0.3) is 0 Å². The molecule has 0 saturated carbocycles. The van der Waals surface area contributed by atoms with Gasteiger partial charge in [-0.05, 0) is 52.9 Å². The van der Waals surface area contributed by atoms with Gasteiger partial charge >= 0.3 is 9.45 Å². The lowest BCUT2D eigenvalue weighted by Crippen LogP contribution is -2.52. The summed E-state index contributed by atoms with van der Waals surface area (Å²) in [5.41, 5.74) is 0. The summed E-state index contributed by atoms with van der Waals surface area (Å²) >= 11 is 0. The fourth-order valence-electron chi connectivity index (χ4n) is 0.958. The number of hydrogen-bond donors (Lipinski definition) is 0. The van der Waals surface area contributed by atoms with E-state index in [1.807, 2.05) is 0 Å². The number of nitrogens with zero attached hydrogens (tertiary/aromatic N) is 1. The Labute approximate surface area is 99.0 Å². The van der Waals surface area contributed by atoms with Crippen LogP contribution in [-0.2, 0) is 8.23 Å². The van der Waals surface area contributed by atoms with Crippen molar-refractivity contribution in [1.82, 2.24) is 4.57 Å². The van der Waals surface area contributed by atoms with Crippen molar-refractivity contribution in [2.24, 2.45) is 0 Å². The van der Waals surface area contributed by atoms with Crippen LogP contribution in [-0.4, -0.2) is 44.2 Å². The quantitative estimate of drug-likeness (QED) is 0.688. The lowest BCUT2D eigenvalue weighted by molar-refractivity contribution is 0.319. The first-order valence-corrected chi connectivity index (χ1v) is 13.9. The Hall–Kier alpha value is 0.531. The molecule has 0 amide bonds. The van der Waals surface area contributed by atoms with Gasteiger partial charge in [-0.3, -0.25) is 4.57 Å². The van der Waals surface area contributed by atoms with E-state index in [4.69, 9.17) is 8.23 Å². The highest BCUT2D eigenvalue weighted by atomic mass is 28.5. The Kier molecular flexibility index (Phi) is 5.94. The molecule has 92 valence electrons. The minimum Gasteiger partial charge on any atom is -0.427 e. The maximum atomic E-state index is 6.18. The second kappa shape index (κ2) is 5.74. The van der Waals surface area contributed by atoms with Crippen LogP contribution in [0.4, 0.5) is 0 Å². The van der Waals surface area contributed by atoms with Crippen LogP contribution in [0, 0.1) is 0 Å². The molecule has 6 heteroatoms. The Morgan fingerprint density at radius 3 is 1.47 bits per heavy atom. The summed E-state index contributed by atoms with van der Waals surface area (Å²) < 4.78 is 14.6. The van der Waals surface area contributed by atoms with Gasteiger partial charge < -0.3 is 8.23 Å². The molecule has 0 bridgehead atoms. The van der Waals surface area contributed by atoms with E-state index >= 15 is 0 Å². The summed E-state index contributed by atoms with van der Waals surface area (Å²) in [5, 5.41) is 0. The van der Waals surface area contributed by atoms with E-state index in [-0.39, 0.29) is 0 Å². The minimum absolute atomic E-state index is 1.01. The van der Waals surface area contributed by atoms with E-state index in [2.05, 4.69) is 57.8 Å². The summed E-state index contributed by atoms with van der Waals surface area (Å²) in [4.78, 5) is 0. The number of hydrogen-bond acceptors (Lipinski definition) is 3. The van der Waals surface area contributed by atoms with Crippen molar-refractivity contribution < 1.29 is 8.23 Å². The third-order valence-electron chi connectivity index (χ3n) is 1.77. The molecule has 15 heavy (non-hydrogen) atoms. The maximum absolute atomic E-state index is 6.18. The van der Waals surface area contributed by atoms with Crippen molar-refractivity contribution in [2.45, 2.75) is 46.2 Å². The molecule has 0 saturated heterocycles. The van der Waals surface area contributed by atoms with Crippen LogP contribution in [0.2, 0.25) is 39.3 Å². The maximum Gasteiger partial charge on any atom is 0.389 e. The fraction of sp³-hybridized carbons (Fsp3) is 1.00. The Bertz CT molecular complexity index is 173. The zero-order chi connectivity index (χ0) is 12.3. The normalized spacial score (nSPS) is 14.0. The molecule has 0 heterocycles. The molecule has 0 atom stereocenters. The molecule has 0 rings (SSSR count). The lowest BCUT2D eigenvalue weighted by atomic mass is 10.8. The summed E-state index contributed by atoms with van der Waals surface area (Å²) in [6, 6.07) is 0. The highest BCUT2D eigenvalue weighted by Gasteiger charge is 2.31. The largest absolute Gasteiger partial charge is 0.427 e. The van der Waals surface area contributed by atoms with Crippen LogP contribution in [0.1, 0.15) is 6.92 Å². The summed E-state index contributed by atoms with van der Waals surface area (Å²) in [7, 11) is -2.48. The molecule has 3 nitrogen and oxygen atoms in total. The average molecular weight is 266 g/mol. The van der Waals surface area contributed by atoms with Crippen LogP contribution in [0.3, 0.4) is 0 Å². The van der Waals surface area contributed by atoms with Gasteiger partial charge in [0.05, 0.1) is 0 Å². The van der Waals surface area contributed by atoms with Crippen molar-refractivity contribution in [2.75, 3.05) is 13.6 Å². The van der Waals surface area contributed by atoms with E-state index in [0.29, 0.717) is 0 Å². The number of rotatable bonds is 6. The third kappa shape index (κ3) is 8.35. The van der Waals surface area contributed by atoms with Gasteiger partial charge in [0.2, 0.25) is 0 Å². The summed E-state index contributed by atoms with van der Waals surface area (Å²) in [6.07, 6.45) is 0. The Balaban J connectivity index is 4.46. The predicted molar refractivity (Wildman–Crippen MR) is 74.3 cm³/mol. The molecule has 0 aliphatic heterocycles. The van der Waals surface area contributed by atoms with Gasteiger partial charge in [0, 0.05) is 0 Å². The first-order valence-electron chi connectivity index (χ1n) is 5.61. The monoisotopic (exact) mass is 265 g/mol. The Morgan fingerprint density at radius 1 is 0.933 bits per heavy atom. The minimum atomic E-state index is -1.62. The second-order valence-electron chi connectivity index (χ2n) is 5.84. The molecule has 0 radical (unpaired) electrons. The van der Waals surface area contributed by atoms with Crippen molar-refractivity contribution >= 4 is 26.1 Å². The van der Waals surface area contributed by atoms with E-state index in [1.54, 1.807) is 0 Å². The molecular formula is C9H27NO2Si3. The van der Waals surface area contributed by atoms with Crippen LogP contribution in [0.25, 0.3) is 0 Å². The topological polar surface area (TPSA) is 21.7 Å². The van der Waals surface area contributed by atoms with Gasteiger partial charge in [-0.1, -0.05) is 6.92 Å². The van der Waals surface area contributed by atoms with Crippen molar-refractivity contribution in [3.63, 3.8) is 0 Å². The van der Waals surface area contributed by atoms with Crippen LogP contribution < -0.4 is 0 Å². The molecular weight excluding hydrogens is 238 g/mol. The molecule has 0 fully saturated rings. The van der Waals surface area contributed by atoms with E-state index in [0.717, 1.165) is 6.54 Å². The second-order valence-corrected chi connectivity index (χ2v) is 17.7. The van der Waals surface area contributed by atoms with Gasteiger partial charge in [-0.2, -0.15) is 0 Å². The van der Waals surface area contributed by atoms with Gasteiger partial charge in [-0.15, -0.1) is 0 Å². The van der Waals surface area contributed by atoms with Crippen molar-refractivity contribution in [3.05, 3.63) is 0 Å². The fourth-order valence-corrected chi connectivity index (χ4v) is 8.16. The van der Waals surface area contributed by atoms with Gasteiger partial charge in [0.15, 0.2) is 16.6 Å². The van der Waals surface area contributed by atoms with Crippen molar-refractivity contribution in [1.29, 1.82) is 0 Å².